The molecule has 0 aliphatic heterocycles. The van der Waals surface area contributed by atoms with Crippen LogP contribution in [-0.2, 0) is 6.54 Å². The number of hydrogen-bond acceptors (Lipinski definition) is 3. The number of aryl methyl sites for hydroxylation is 1. The quantitative estimate of drug-likeness (QED) is 0.907. The highest BCUT2D eigenvalue weighted by Gasteiger charge is 2.10. The van der Waals surface area contributed by atoms with E-state index < -0.39 is 18.2 Å². The normalized spacial score (nSPS) is 10.7. The van der Waals surface area contributed by atoms with E-state index in [1.807, 2.05) is 13.0 Å². The van der Waals surface area contributed by atoms with Crippen molar-refractivity contribution in [3.05, 3.63) is 53.6 Å². The van der Waals surface area contributed by atoms with Gasteiger partial charge in [-0.25, -0.2) is 4.39 Å². The van der Waals surface area contributed by atoms with Gasteiger partial charge in [0.2, 0.25) is 0 Å². The molecular weight excluding hydrogens is 269 g/mol. The van der Waals surface area contributed by atoms with Crippen molar-refractivity contribution in [2.75, 3.05) is 5.32 Å². The van der Waals surface area contributed by atoms with Gasteiger partial charge in [0.05, 0.1) is 0 Å². The van der Waals surface area contributed by atoms with Crippen LogP contribution in [0.25, 0.3) is 0 Å². The molecule has 0 aliphatic rings. The third kappa shape index (κ3) is 3.63. The molecule has 0 bridgehead atoms. The second-order valence-corrected chi connectivity index (χ2v) is 4.18. The van der Waals surface area contributed by atoms with E-state index in [9.17, 15) is 13.2 Å². The minimum Gasteiger partial charge on any atom is -0.432 e. The Morgan fingerprint density at radius 2 is 2.10 bits per heavy atom. The summed E-state index contributed by atoms with van der Waals surface area (Å²) in [5.74, 6) is -1.30. The van der Waals surface area contributed by atoms with Crippen molar-refractivity contribution in [2.24, 2.45) is 0 Å². The van der Waals surface area contributed by atoms with Gasteiger partial charge in [0, 0.05) is 30.7 Å². The van der Waals surface area contributed by atoms with Crippen LogP contribution in [0.4, 0.5) is 18.9 Å². The van der Waals surface area contributed by atoms with Crippen molar-refractivity contribution in [1.29, 1.82) is 0 Å². The molecule has 2 rings (SSSR count). The van der Waals surface area contributed by atoms with Crippen molar-refractivity contribution in [3.63, 3.8) is 0 Å². The second-order valence-electron chi connectivity index (χ2n) is 4.18. The van der Waals surface area contributed by atoms with Crippen LogP contribution in [0.3, 0.4) is 0 Å². The summed E-state index contributed by atoms with van der Waals surface area (Å²) in [5, 5.41) is 3.00. The molecule has 0 unspecified atom stereocenters. The number of nitrogens with zero attached hydrogens (tertiary/aromatic N) is 1. The molecule has 2 aromatic rings. The summed E-state index contributed by atoms with van der Waals surface area (Å²) < 4.78 is 41.5. The van der Waals surface area contributed by atoms with Gasteiger partial charge in [-0.2, -0.15) is 8.78 Å². The molecule has 1 heterocycles. The average molecular weight is 282 g/mol. The van der Waals surface area contributed by atoms with Crippen molar-refractivity contribution in [1.82, 2.24) is 4.98 Å². The maximum atomic E-state index is 13.5. The molecule has 3 nitrogen and oxygen atoms in total. The third-order valence-corrected chi connectivity index (χ3v) is 2.78. The fourth-order valence-corrected chi connectivity index (χ4v) is 1.68. The van der Waals surface area contributed by atoms with Crippen molar-refractivity contribution < 1.29 is 17.9 Å². The first-order chi connectivity index (χ1) is 9.56. The van der Waals surface area contributed by atoms with Crippen molar-refractivity contribution in [3.8, 4) is 5.75 Å². The minimum absolute atomic E-state index is 0.466. The Morgan fingerprint density at radius 3 is 2.75 bits per heavy atom. The lowest BCUT2D eigenvalue weighted by Gasteiger charge is -2.10. The third-order valence-electron chi connectivity index (χ3n) is 2.78. The maximum Gasteiger partial charge on any atom is 0.387 e. The Hall–Kier alpha value is -2.24. The van der Waals surface area contributed by atoms with Gasteiger partial charge in [-0.3, -0.25) is 4.98 Å². The average Bonchev–Trinajstić information content (AvgIpc) is 2.40. The molecule has 0 atom stereocenters. The fraction of sp³-hybridized carbons (Fsp3) is 0.214. The number of hydrogen-bond donors (Lipinski definition) is 1. The molecule has 0 spiro atoms. The highest BCUT2D eigenvalue weighted by molar-refractivity contribution is 5.48. The largest absolute Gasteiger partial charge is 0.432 e. The van der Waals surface area contributed by atoms with Crippen LogP contribution in [-0.4, -0.2) is 11.6 Å². The van der Waals surface area contributed by atoms with E-state index in [1.165, 1.54) is 12.1 Å². The SMILES string of the molecule is Cc1ccncc1CNc1ccc(OC(F)F)c(F)c1. The molecule has 20 heavy (non-hydrogen) atoms. The lowest BCUT2D eigenvalue weighted by molar-refractivity contribution is -0.0521. The van der Waals surface area contributed by atoms with Crippen LogP contribution in [0.15, 0.2) is 36.7 Å². The fourth-order valence-electron chi connectivity index (χ4n) is 1.68. The van der Waals surface area contributed by atoms with Gasteiger partial charge in [-0.05, 0) is 36.2 Å². The number of anilines is 1. The molecule has 106 valence electrons. The van der Waals surface area contributed by atoms with E-state index in [1.54, 1.807) is 12.4 Å². The summed E-state index contributed by atoms with van der Waals surface area (Å²) in [4.78, 5) is 4.00. The Labute approximate surface area is 114 Å². The molecule has 0 amide bonds. The minimum atomic E-state index is -3.04. The molecule has 0 aliphatic carbocycles. The predicted molar refractivity (Wildman–Crippen MR) is 69.3 cm³/mol. The highest BCUT2D eigenvalue weighted by atomic mass is 19.3. The van der Waals surface area contributed by atoms with Gasteiger partial charge in [-0.1, -0.05) is 0 Å². The number of nitrogens with one attached hydrogen (secondary N) is 1. The van der Waals surface area contributed by atoms with Gasteiger partial charge in [0.1, 0.15) is 0 Å². The standard InChI is InChI=1S/C14H13F3N2O/c1-9-4-5-18-7-10(9)8-19-11-2-3-13(12(15)6-11)20-14(16)17/h2-7,14,19H,8H2,1H3. The van der Waals surface area contributed by atoms with E-state index in [4.69, 9.17) is 0 Å². The lowest BCUT2D eigenvalue weighted by Crippen LogP contribution is -2.05. The van der Waals surface area contributed by atoms with Crippen LogP contribution >= 0.6 is 0 Å². The van der Waals surface area contributed by atoms with E-state index >= 15 is 0 Å². The number of benzene rings is 1. The molecule has 6 heteroatoms. The second kappa shape index (κ2) is 6.27. The first-order valence-electron chi connectivity index (χ1n) is 5.94. The first-order valence-corrected chi connectivity index (χ1v) is 5.94. The van der Waals surface area contributed by atoms with Crippen LogP contribution in [0.5, 0.6) is 5.75 Å². The predicted octanol–water partition coefficient (Wildman–Crippen LogP) is 3.74. The Balaban J connectivity index is 2.04. The van der Waals surface area contributed by atoms with Gasteiger partial charge in [0.25, 0.3) is 0 Å². The van der Waals surface area contributed by atoms with E-state index in [0.717, 1.165) is 17.2 Å². The van der Waals surface area contributed by atoms with Crippen LogP contribution in [0, 0.1) is 12.7 Å². The van der Waals surface area contributed by atoms with Crippen LogP contribution in [0.2, 0.25) is 0 Å². The summed E-state index contributed by atoms with van der Waals surface area (Å²) in [5.41, 5.74) is 2.51. The summed E-state index contributed by atoms with van der Waals surface area (Å²) in [7, 11) is 0. The van der Waals surface area contributed by atoms with Gasteiger partial charge in [0.15, 0.2) is 11.6 Å². The summed E-state index contributed by atoms with van der Waals surface area (Å²) >= 11 is 0. The van der Waals surface area contributed by atoms with Crippen LogP contribution in [0.1, 0.15) is 11.1 Å². The highest BCUT2D eigenvalue weighted by Crippen LogP contribution is 2.23. The smallest absolute Gasteiger partial charge is 0.387 e. The lowest BCUT2D eigenvalue weighted by atomic mass is 10.1. The number of halogens is 3. The Bertz CT molecular complexity index is 590. The molecule has 0 saturated carbocycles. The monoisotopic (exact) mass is 282 g/mol. The van der Waals surface area contributed by atoms with Crippen LogP contribution < -0.4 is 10.1 Å². The summed E-state index contributed by atoms with van der Waals surface area (Å²) in [6.45, 7) is -0.631. The molecule has 1 aromatic heterocycles. The van der Waals surface area contributed by atoms with Gasteiger partial charge in [-0.15, -0.1) is 0 Å². The number of rotatable bonds is 5. The van der Waals surface area contributed by atoms with E-state index in [0.29, 0.717) is 12.2 Å². The number of alkyl halides is 2. The zero-order valence-corrected chi connectivity index (χ0v) is 10.7. The van der Waals surface area contributed by atoms with Gasteiger partial charge < -0.3 is 10.1 Å². The van der Waals surface area contributed by atoms with Crippen molar-refractivity contribution >= 4 is 5.69 Å². The Kier molecular flexibility index (Phi) is 4.45. The molecule has 0 saturated heterocycles. The summed E-state index contributed by atoms with van der Waals surface area (Å²) in [6, 6.07) is 5.63. The summed E-state index contributed by atoms with van der Waals surface area (Å²) in [6.07, 6.45) is 3.40. The topological polar surface area (TPSA) is 34.2 Å². The van der Waals surface area contributed by atoms with E-state index in [2.05, 4.69) is 15.0 Å². The van der Waals surface area contributed by atoms with E-state index in [-0.39, 0.29) is 0 Å². The maximum absolute atomic E-state index is 13.5. The molecule has 1 N–H and O–H groups in total. The molecule has 1 aromatic carbocycles. The molecular formula is C14H13F3N2O. The zero-order chi connectivity index (χ0) is 14.5. The van der Waals surface area contributed by atoms with Crippen molar-refractivity contribution in [2.45, 2.75) is 20.1 Å². The molecule has 0 radical (unpaired) electrons. The number of pyridine rings is 1. The Morgan fingerprint density at radius 1 is 1.30 bits per heavy atom. The molecule has 0 fully saturated rings. The number of ether oxygens (including phenoxy) is 1. The first kappa shape index (κ1) is 14.2. The zero-order valence-electron chi connectivity index (χ0n) is 10.7. The van der Waals surface area contributed by atoms with Gasteiger partial charge >= 0.3 is 6.61 Å². The number of aromatic nitrogens is 1.